The molecule has 7 aromatic carbocycles. The second kappa shape index (κ2) is 17.6. The molecule has 0 radical (unpaired) electrons. The van der Waals surface area contributed by atoms with Crippen molar-refractivity contribution in [1.29, 1.82) is 0 Å². The van der Waals surface area contributed by atoms with Crippen LogP contribution in [0.4, 0.5) is 11.4 Å². The van der Waals surface area contributed by atoms with E-state index in [0.717, 1.165) is 50.1 Å². The molecule has 66 heavy (non-hydrogen) atoms. The monoisotopic (exact) mass is 1040 g/mol. The van der Waals surface area contributed by atoms with Gasteiger partial charge in [0.25, 0.3) is 0 Å². The number of hydrogen-bond acceptors (Lipinski definition) is 4. The standard InChI is InChI=1S/C60H53N4O.Pt/c1-58(2,3)46-29-30-61-57(38-46)64-55-26-18-17-25-53(55)54-28-27-51(40-56(54)64)65-52-34-43(42-19-11-8-12-20-42)33-49(39-52)62-31-32-63(41-62)50-36-47(59(4,5)44-21-13-9-14-22-44)35-48(37-50)60(6,7)45-23-15-10-16-24-45;/h8-38,41H,1-7H3;/q-3;. The van der Waals surface area contributed by atoms with Crippen LogP contribution in [-0.2, 0) is 37.3 Å². The van der Waals surface area contributed by atoms with Gasteiger partial charge in [-0.2, -0.15) is 6.07 Å². The van der Waals surface area contributed by atoms with Crippen molar-refractivity contribution in [2.75, 3.05) is 9.80 Å². The molecule has 1 aliphatic heterocycles. The van der Waals surface area contributed by atoms with Gasteiger partial charge < -0.3 is 19.1 Å². The molecule has 332 valence electrons. The van der Waals surface area contributed by atoms with Crippen molar-refractivity contribution in [3.05, 3.63) is 235 Å². The van der Waals surface area contributed by atoms with Crippen molar-refractivity contribution in [2.24, 2.45) is 0 Å². The summed E-state index contributed by atoms with van der Waals surface area (Å²) in [4.78, 5) is 9.21. The fourth-order valence-electron chi connectivity index (χ4n) is 8.99. The average molecular weight is 1040 g/mol. The Hall–Kier alpha value is -6.68. The van der Waals surface area contributed by atoms with Crippen LogP contribution in [-0.4, -0.2) is 9.55 Å². The number of hydrogen-bond donors (Lipinski definition) is 0. The first kappa shape index (κ1) is 44.5. The van der Waals surface area contributed by atoms with Gasteiger partial charge in [-0.25, -0.2) is 4.98 Å². The Morgan fingerprint density at radius 1 is 0.500 bits per heavy atom. The summed E-state index contributed by atoms with van der Waals surface area (Å²) in [5.74, 6) is 2.03. The van der Waals surface area contributed by atoms with Gasteiger partial charge in [-0.05, 0) is 86.9 Å². The van der Waals surface area contributed by atoms with Crippen molar-refractivity contribution < 1.29 is 25.8 Å². The number of benzene rings is 7. The van der Waals surface area contributed by atoms with Gasteiger partial charge in [0.2, 0.25) is 0 Å². The maximum atomic E-state index is 6.79. The number of rotatable bonds is 10. The summed E-state index contributed by atoms with van der Waals surface area (Å²) in [6, 6.07) is 67.5. The van der Waals surface area contributed by atoms with Crippen molar-refractivity contribution in [2.45, 2.75) is 64.7 Å². The van der Waals surface area contributed by atoms with Crippen LogP contribution in [0.1, 0.15) is 76.3 Å². The number of ether oxygens (including phenoxy) is 1. The first-order valence-corrected chi connectivity index (χ1v) is 22.4. The second-order valence-electron chi connectivity index (χ2n) is 19.2. The van der Waals surface area contributed by atoms with Gasteiger partial charge in [0.1, 0.15) is 5.82 Å². The Morgan fingerprint density at radius 2 is 1.11 bits per heavy atom. The van der Waals surface area contributed by atoms with Crippen LogP contribution in [0.2, 0.25) is 0 Å². The molecule has 0 bridgehead atoms. The molecule has 0 aliphatic carbocycles. The van der Waals surface area contributed by atoms with Gasteiger partial charge >= 0.3 is 0 Å². The van der Waals surface area contributed by atoms with Crippen LogP contribution in [0.25, 0.3) is 38.8 Å². The SMILES string of the molecule is CC(C)(C)c1ccnc(-n2c3[c-]c(Oc4[c-]c(N5C=CN(c6cc(C(C)(C)c7ccccc7)cc(C(C)(C)c7ccccc7)c6)[CH-]5)cc(-c5ccccc5)c4)ccc3c3ccccc32)c1.[Pt]. The molecule has 10 rings (SSSR count). The summed E-state index contributed by atoms with van der Waals surface area (Å²) in [5, 5.41) is 2.22. The smallest absolute Gasteiger partial charge is 0.135 e. The van der Waals surface area contributed by atoms with Crippen molar-refractivity contribution in [3.8, 4) is 28.4 Å². The van der Waals surface area contributed by atoms with E-state index in [1.807, 2.05) is 18.3 Å². The Labute approximate surface area is 404 Å². The van der Waals surface area contributed by atoms with E-state index < -0.39 is 0 Å². The minimum absolute atomic E-state index is 0. The Kier molecular flexibility index (Phi) is 11.9. The molecule has 6 heteroatoms. The van der Waals surface area contributed by atoms with Crippen molar-refractivity contribution in [3.63, 3.8) is 0 Å². The van der Waals surface area contributed by atoms with Gasteiger partial charge in [0.05, 0.1) is 0 Å². The van der Waals surface area contributed by atoms with Crippen molar-refractivity contribution >= 4 is 33.2 Å². The van der Waals surface area contributed by atoms with Crippen LogP contribution < -0.4 is 14.5 Å². The normalized spacial score (nSPS) is 13.1. The topological polar surface area (TPSA) is 33.5 Å². The fourth-order valence-corrected chi connectivity index (χ4v) is 8.99. The predicted octanol–water partition coefficient (Wildman–Crippen LogP) is 15.1. The Bertz CT molecular complexity index is 3130. The van der Waals surface area contributed by atoms with Crippen LogP contribution >= 0.6 is 0 Å². The summed E-state index contributed by atoms with van der Waals surface area (Å²) < 4.78 is 8.99. The molecule has 0 atom stereocenters. The largest absolute Gasteiger partial charge is 0.509 e. The summed E-state index contributed by atoms with van der Waals surface area (Å²) in [6.07, 6.45) is 6.12. The molecular weight excluding hydrogens is 988 g/mol. The maximum Gasteiger partial charge on any atom is 0.135 e. The predicted molar refractivity (Wildman–Crippen MR) is 269 cm³/mol. The number of nitrogens with zero attached hydrogens (tertiary/aromatic N) is 4. The number of aromatic nitrogens is 2. The second-order valence-corrected chi connectivity index (χ2v) is 19.2. The molecule has 0 fully saturated rings. The van der Waals surface area contributed by atoms with E-state index in [0.29, 0.717) is 11.5 Å². The number of para-hydroxylation sites is 1. The summed E-state index contributed by atoms with van der Waals surface area (Å²) in [7, 11) is 0. The first-order valence-electron chi connectivity index (χ1n) is 22.4. The zero-order valence-electron chi connectivity index (χ0n) is 38.5. The third kappa shape index (κ3) is 8.49. The van der Waals surface area contributed by atoms with E-state index in [2.05, 4.69) is 252 Å². The molecule has 0 N–H and O–H groups in total. The van der Waals surface area contributed by atoms with Crippen LogP contribution in [0.3, 0.4) is 0 Å². The number of fused-ring (bicyclic) bond motifs is 3. The summed E-state index contributed by atoms with van der Waals surface area (Å²) >= 11 is 0. The van der Waals surface area contributed by atoms with Gasteiger partial charge in [0, 0.05) is 60.8 Å². The molecule has 0 unspecified atom stereocenters. The average Bonchev–Trinajstić information content (AvgIpc) is 3.96. The molecule has 0 spiro atoms. The minimum atomic E-state index is -0.243. The summed E-state index contributed by atoms with van der Waals surface area (Å²) in [5.41, 5.74) is 11.7. The first-order chi connectivity index (χ1) is 31.3. The third-order valence-electron chi connectivity index (χ3n) is 13.1. The molecule has 9 aromatic rings. The van der Waals surface area contributed by atoms with Crippen molar-refractivity contribution in [1.82, 2.24) is 9.55 Å². The van der Waals surface area contributed by atoms with E-state index >= 15 is 0 Å². The molecule has 0 amide bonds. The zero-order valence-corrected chi connectivity index (χ0v) is 40.8. The summed E-state index contributed by atoms with van der Waals surface area (Å²) in [6.45, 7) is 18.1. The molecule has 3 heterocycles. The van der Waals surface area contributed by atoms with Gasteiger partial charge in [0.15, 0.2) is 0 Å². The molecule has 1 aliphatic rings. The Balaban J connectivity index is 0.00000548. The van der Waals surface area contributed by atoms with E-state index in [1.165, 1.54) is 27.8 Å². The fraction of sp³-hybridized carbons (Fsp3) is 0.167. The van der Waals surface area contributed by atoms with E-state index in [1.54, 1.807) is 0 Å². The Morgan fingerprint density at radius 3 is 1.76 bits per heavy atom. The maximum absolute atomic E-state index is 6.79. The van der Waals surface area contributed by atoms with Crippen LogP contribution in [0.5, 0.6) is 11.5 Å². The quantitative estimate of drug-likeness (QED) is 0.128. The van der Waals surface area contributed by atoms with Crippen LogP contribution in [0, 0.1) is 18.8 Å². The molecular formula is C60H53N4OPt-3. The van der Waals surface area contributed by atoms with E-state index in [4.69, 9.17) is 9.72 Å². The number of pyridine rings is 1. The van der Waals surface area contributed by atoms with Crippen LogP contribution in [0.15, 0.2) is 188 Å². The van der Waals surface area contributed by atoms with Gasteiger partial charge in [-0.3, -0.25) is 0 Å². The number of anilines is 2. The van der Waals surface area contributed by atoms with Gasteiger partial charge in [-0.15, -0.1) is 53.6 Å². The van der Waals surface area contributed by atoms with Gasteiger partial charge in [-0.1, -0.05) is 169 Å². The molecule has 5 nitrogen and oxygen atoms in total. The van der Waals surface area contributed by atoms with E-state index in [9.17, 15) is 0 Å². The molecule has 0 saturated heterocycles. The third-order valence-corrected chi connectivity index (χ3v) is 13.1. The molecule has 2 aromatic heterocycles. The minimum Gasteiger partial charge on any atom is -0.509 e. The molecule has 0 saturated carbocycles. The zero-order chi connectivity index (χ0) is 44.9. The van der Waals surface area contributed by atoms with E-state index in [-0.39, 0.29) is 37.3 Å².